The minimum atomic E-state index is -0.657. The number of esters is 1. The summed E-state index contributed by atoms with van der Waals surface area (Å²) in [5, 5.41) is 0.222. The summed E-state index contributed by atoms with van der Waals surface area (Å²) in [7, 11) is 2.89. The third-order valence-corrected chi connectivity index (χ3v) is 4.59. The zero-order valence-corrected chi connectivity index (χ0v) is 15.3. The standard InChI is InChI=1S/C17H17ClO5S/c1-9-5-12(10(2)24-9)14(19)8-23-17(20)11-6-13(18)16(22-4)15(7-11)21-3/h5-7H,8H2,1-4H3. The predicted molar refractivity (Wildman–Crippen MR) is 93.0 cm³/mol. The number of carbonyl (C=O) groups excluding carboxylic acids is 2. The maximum atomic E-state index is 12.2. The number of halogens is 1. The second kappa shape index (κ2) is 7.68. The van der Waals surface area contributed by atoms with Gasteiger partial charge in [0.2, 0.25) is 5.78 Å². The number of carbonyl (C=O) groups is 2. The first-order valence-corrected chi connectivity index (χ1v) is 8.25. The Kier molecular flexibility index (Phi) is 5.85. The van der Waals surface area contributed by atoms with E-state index in [1.54, 1.807) is 6.07 Å². The molecule has 0 N–H and O–H groups in total. The van der Waals surface area contributed by atoms with E-state index in [-0.39, 0.29) is 23.0 Å². The minimum Gasteiger partial charge on any atom is -0.493 e. The number of methoxy groups -OCH3 is 2. The quantitative estimate of drug-likeness (QED) is 0.568. The van der Waals surface area contributed by atoms with Crippen molar-refractivity contribution in [3.63, 3.8) is 0 Å². The van der Waals surface area contributed by atoms with E-state index in [1.165, 1.54) is 37.7 Å². The van der Waals surface area contributed by atoms with Crippen molar-refractivity contribution < 1.29 is 23.8 Å². The lowest BCUT2D eigenvalue weighted by molar-refractivity contribution is 0.0474. The van der Waals surface area contributed by atoms with Gasteiger partial charge in [0, 0.05) is 15.3 Å². The van der Waals surface area contributed by atoms with Crippen LogP contribution < -0.4 is 9.47 Å². The molecule has 0 atom stereocenters. The lowest BCUT2D eigenvalue weighted by atomic mass is 10.1. The molecule has 0 radical (unpaired) electrons. The van der Waals surface area contributed by atoms with Gasteiger partial charge in [-0.15, -0.1) is 11.3 Å². The molecule has 2 aromatic rings. The van der Waals surface area contributed by atoms with Crippen LogP contribution in [-0.4, -0.2) is 32.6 Å². The third kappa shape index (κ3) is 3.88. The van der Waals surface area contributed by atoms with Gasteiger partial charge in [-0.1, -0.05) is 11.6 Å². The highest BCUT2D eigenvalue weighted by Gasteiger charge is 2.18. The first kappa shape index (κ1) is 18.3. The van der Waals surface area contributed by atoms with Crippen molar-refractivity contribution in [2.45, 2.75) is 13.8 Å². The summed E-state index contributed by atoms with van der Waals surface area (Å²) in [5.74, 6) is -0.253. The molecule has 24 heavy (non-hydrogen) atoms. The minimum absolute atomic E-state index is 0.184. The lowest BCUT2D eigenvalue weighted by Gasteiger charge is -2.11. The molecule has 0 aliphatic rings. The summed E-state index contributed by atoms with van der Waals surface area (Å²) in [6, 6.07) is 4.66. The molecular weight excluding hydrogens is 352 g/mol. The Morgan fingerprint density at radius 2 is 1.83 bits per heavy atom. The number of hydrogen-bond donors (Lipinski definition) is 0. The Morgan fingerprint density at radius 1 is 1.12 bits per heavy atom. The van der Waals surface area contributed by atoms with E-state index in [0.717, 1.165) is 9.75 Å². The molecule has 7 heteroatoms. The summed E-state index contributed by atoms with van der Waals surface area (Å²) in [5.41, 5.74) is 0.763. The molecular formula is C17H17ClO5S. The van der Waals surface area contributed by atoms with Crippen LogP contribution >= 0.6 is 22.9 Å². The number of hydrogen-bond acceptors (Lipinski definition) is 6. The average molecular weight is 369 g/mol. The first-order valence-electron chi connectivity index (χ1n) is 7.06. The van der Waals surface area contributed by atoms with Crippen LogP contribution in [-0.2, 0) is 4.74 Å². The molecule has 5 nitrogen and oxygen atoms in total. The Hall–Kier alpha value is -2.05. The number of Topliss-reactive ketones (excluding diaryl/α,β-unsaturated/α-hetero) is 1. The Bertz CT molecular complexity index is 782. The molecule has 0 amide bonds. The fourth-order valence-electron chi connectivity index (χ4n) is 2.24. The van der Waals surface area contributed by atoms with Crippen molar-refractivity contribution in [2.75, 3.05) is 20.8 Å². The molecule has 0 saturated carbocycles. The second-order valence-electron chi connectivity index (χ2n) is 5.02. The van der Waals surface area contributed by atoms with Crippen LogP contribution in [0.4, 0.5) is 0 Å². The average Bonchev–Trinajstić information content (AvgIpc) is 2.89. The van der Waals surface area contributed by atoms with E-state index in [0.29, 0.717) is 17.1 Å². The van der Waals surface area contributed by atoms with Crippen LogP contribution in [0.5, 0.6) is 11.5 Å². The molecule has 1 aromatic heterocycles. The molecule has 0 fully saturated rings. The van der Waals surface area contributed by atoms with Gasteiger partial charge in [0.05, 0.1) is 24.8 Å². The highest BCUT2D eigenvalue weighted by Crippen LogP contribution is 2.36. The Morgan fingerprint density at radius 3 is 2.38 bits per heavy atom. The van der Waals surface area contributed by atoms with Crippen LogP contribution in [0.3, 0.4) is 0 Å². The number of thiophene rings is 1. The summed E-state index contributed by atoms with van der Waals surface area (Å²) < 4.78 is 15.3. The van der Waals surface area contributed by atoms with Crippen LogP contribution in [0.2, 0.25) is 5.02 Å². The van der Waals surface area contributed by atoms with Crippen LogP contribution in [0.15, 0.2) is 18.2 Å². The maximum Gasteiger partial charge on any atom is 0.338 e. The molecule has 0 saturated heterocycles. The SMILES string of the molecule is COc1cc(C(=O)OCC(=O)c2cc(C)sc2C)cc(Cl)c1OC. The summed E-state index contributed by atoms with van der Waals surface area (Å²) in [6.07, 6.45) is 0. The van der Waals surface area contributed by atoms with Crippen molar-refractivity contribution in [1.82, 2.24) is 0 Å². The number of benzene rings is 1. The van der Waals surface area contributed by atoms with Gasteiger partial charge in [-0.05, 0) is 32.0 Å². The molecule has 0 aliphatic heterocycles. The fourth-order valence-corrected chi connectivity index (χ4v) is 3.47. The van der Waals surface area contributed by atoms with Crippen molar-refractivity contribution in [3.8, 4) is 11.5 Å². The van der Waals surface area contributed by atoms with E-state index in [4.69, 9.17) is 25.8 Å². The molecule has 0 aliphatic carbocycles. The van der Waals surface area contributed by atoms with Crippen LogP contribution in [0.25, 0.3) is 0 Å². The number of aryl methyl sites for hydroxylation is 2. The monoisotopic (exact) mass is 368 g/mol. The zero-order chi connectivity index (χ0) is 17.9. The smallest absolute Gasteiger partial charge is 0.338 e. The summed E-state index contributed by atoms with van der Waals surface area (Å²) >= 11 is 7.59. The molecule has 2 rings (SSSR count). The highest BCUT2D eigenvalue weighted by atomic mass is 35.5. The maximum absolute atomic E-state index is 12.2. The van der Waals surface area contributed by atoms with Gasteiger partial charge in [0.15, 0.2) is 18.1 Å². The normalized spacial score (nSPS) is 10.4. The van der Waals surface area contributed by atoms with Gasteiger partial charge in [0.25, 0.3) is 0 Å². The van der Waals surface area contributed by atoms with Crippen molar-refractivity contribution >= 4 is 34.7 Å². The van der Waals surface area contributed by atoms with E-state index < -0.39 is 5.97 Å². The molecule has 128 valence electrons. The number of rotatable bonds is 6. The zero-order valence-electron chi connectivity index (χ0n) is 13.8. The van der Waals surface area contributed by atoms with Gasteiger partial charge in [-0.2, -0.15) is 0 Å². The van der Waals surface area contributed by atoms with Gasteiger partial charge in [-0.25, -0.2) is 4.79 Å². The van der Waals surface area contributed by atoms with E-state index in [2.05, 4.69) is 0 Å². The molecule has 1 aromatic carbocycles. The third-order valence-electron chi connectivity index (χ3n) is 3.35. The summed E-state index contributed by atoms with van der Waals surface area (Å²) in [4.78, 5) is 26.3. The van der Waals surface area contributed by atoms with Crippen LogP contribution in [0.1, 0.15) is 30.5 Å². The highest BCUT2D eigenvalue weighted by molar-refractivity contribution is 7.12. The topological polar surface area (TPSA) is 61.8 Å². The molecule has 0 spiro atoms. The van der Waals surface area contributed by atoms with Gasteiger partial charge >= 0.3 is 5.97 Å². The molecule has 0 unspecified atom stereocenters. The molecule has 1 heterocycles. The second-order valence-corrected chi connectivity index (χ2v) is 6.89. The molecule has 0 bridgehead atoms. The number of ketones is 1. The fraction of sp³-hybridized carbons (Fsp3) is 0.294. The van der Waals surface area contributed by atoms with Crippen molar-refractivity contribution in [1.29, 1.82) is 0 Å². The van der Waals surface area contributed by atoms with E-state index in [9.17, 15) is 9.59 Å². The van der Waals surface area contributed by atoms with Crippen LogP contribution in [0, 0.1) is 13.8 Å². The van der Waals surface area contributed by atoms with Crippen molar-refractivity contribution in [3.05, 3.63) is 44.1 Å². The van der Waals surface area contributed by atoms with Gasteiger partial charge < -0.3 is 14.2 Å². The lowest BCUT2D eigenvalue weighted by Crippen LogP contribution is -2.14. The van der Waals surface area contributed by atoms with E-state index in [1.807, 2.05) is 13.8 Å². The van der Waals surface area contributed by atoms with Crippen molar-refractivity contribution in [2.24, 2.45) is 0 Å². The largest absolute Gasteiger partial charge is 0.493 e. The van der Waals surface area contributed by atoms with E-state index >= 15 is 0 Å². The van der Waals surface area contributed by atoms with Gasteiger partial charge in [-0.3, -0.25) is 4.79 Å². The van der Waals surface area contributed by atoms with Gasteiger partial charge in [0.1, 0.15) is 0 Å². The Balaban J connectivity index is 2.11. The predicted octanol–water partition coefficient (Wildman–Crippen LogP) is 4.08. The summed E-state index contributed by atoms with van der Waals surface area (Å²) in [6.45, 7) is 3.45. The Labute approximate surface area is 149 Å². The number of ether oxygens (including phenoxy) is 3. The first-order chi connectivity index (χ1) is 11.4.